The van der Waals surface area contributed by atoms with Crippen molar-refractivity contribution >= 4 is 5.91 Å². The zero-order valence-electron chi connectivity index (χ0n) is 8.22. The van der Waals surface area contributed by atoms with Crippen LogP contribution in [0.5, 0.6) is 0 Å². The lowest BCUT2D eigenvalue weighted by molar-refractivity contribution is 0.0727. The van der Waals surface area contributed by atoms with Gasteiger partial charge in [-0.25, -0.2) is 0 Å². The van der Waals surface area contributed by atoms with Crippen molar-refractivity contribution in [1.82, 2.24) is 15.5 Å². The first-order valence-corrected chi connectivity index (χ1v) is 4.58. The Labute approximate surface area is 81.5 Å². The first-order valence-electron chi connectivity index (χ1n) is 4.58. The number of rotatable bonds is 1. The van der Waals surface area contributed by atoms with Gasteiger partial charge < -0.3 is 10.4 Å². The molecule has 5 nitrogen and oxygen atoms in total. The van der Waals surface area contributed by atoms with Gasteiger partial charge in [0.2, 0.25) is 0 Å². The van der Waals surface area contributed by atoms with E-state index in [9.17, 15) is 9.90 Å². The van der Waals surface area contributed by atoms with Crippen molar-refractivity contribution in [2.45, 2.75) is 25.9 Å². The number of carbonyl (C=O) groups excluding carboxylic acids is 1. The Balaban J connectivity index is 2.51. The van der Waals surface area contributed by atoms with E-state index in [1.54, 1.807) is 13.8 Å². The summed E-state index contributed by atoms with van der Waals surface area (Å²) in [4.78, 5) is 11.4. The minimum atomic E-state index is -0.974. The molecule has 0 spiro atoms. The topological polar surface area (TPSA) is 78.0 Å². The lowest BCUT2D eigenvalue weighted by Crippen LogP contribution is -2.32. The van der Waals surface area contributed by atoms with Gasteiger partial charge in [-0.1, -0.05) is 0 Å². The third kappa shape index (κ3) is 1.29. The Morgan fingerprint density at radius 1 is 1.50 bits per heavy atom. The molecule has 1 amide bonds. The van der Waals surface area contributed by atoms with Crippen molar-refractivity contribution in [2.75, 3.05) is 6.54 Å². The average Bonchev–Trinajstić information content (AvgIpc) is 2.47. The molecule has 0 aromatic carbocycles. The van der Waals surface area contributed by atoms with Crippen LogP contribution in [-0.2, 0) is 12.0 Å². The molecule has 0 fully saturated rings. The van der Waals surface area contributed by atoms with E-state index in [1.807, 2.05) is 0 Å². The van der Waals surface area contributed by atoms with Crippen molar-refractivity contribution in [3.63, 3.8) is 0 Å². The van der Waals surface area contributed by atoms with Gasteiger partial charge in [-0.3, -0.25) is 9.89 Å². The number of fused-ring (bicyclic) bond motifs is 1. The highest BCUT2D eigenvalue weighted by Gasteiger charge is 2.29. The summed E-state index contributed by atoms with van der Waals surface area (Å²) in [7, 11) is 0. The van der Waals surface area contributed by atoms with Crippen molar-refractivity contribution in [3.05, 3.63) is 17.0 Å². The molecule has 0 radical (unpaired) electrons. The molecule has 1 aliphatic rings. The number of aliphatic hydroxyl groups is 1. The Morgan fingerprint density at radius 3 is 2.86 bits per heavy atom. The lowest BCUT2D eigenvalue weighted by Gasteiger charge is -2.19. The number of hydrogen-bond donors (Lipinski definition) is 3. The molecule has 0 bridgehead atoms. The van der Waals surface area contributed by atoms with Gasteiger partial charge in [0, 0.05) is 12.1 Å². The van der Waals surface area contributed by atoms with Gasteiger partial charge in [0.1, 0.15) is 5.60 Å². The summed E-state index contributed by atoms with van der Waals surface area (Å²) >= 11 is 0. The number of carbonyl (C=O) groups is 1. The Kier molecular flexibility index (Phi) is 1.85. The van der Waals surface area contributed by atoms with Gasteiger partial charge in [0.25, 0.3) is 5.91 Å². The van der Waals surface area contributed by atoms with E-state index in [0.717, 1.165) is 12.0 Å². The molecule has 0 saturated carbocycles. The Bertz CT molecular complexity index is 376. The van der Waals surface area contributed by atoms with Crippen molar-refractivity contribution in [1.29, 1.82) is 0 Å². The van der Waals surface area contributed by atoms with Crippen LogP contribution in [0.3, 0.4) is 0 Å². The summed E-state index contributed by atoms with van der Waals surface area (Å²) in [6.07, 6.45) is 0.719. The smallest absolute Gasteiger partial charge is 0.272 e. The van der Waals surface area contributed by atoms with E-state index in [1.165, 1.54) is 0 Å². The average molecular weight is 195 g/mol. The maximum Gasteiger partial charge on any atom is 0.272 e. The molecule has 2 rings (SSSR count). The van der Waals surface area contributed by atoms with E-state index in [2.05, 4.69) is 15.5 Å². The van der Waals surface area contributed by atoms with Crippen LogP contribution in [0.1, 0.15) is 35.6 Å². The number of aromatic nitrogens is 2. The molecule has 3 N–H and O–H groups in total. The van der Waals surface area contributed by atoms with E-state index in [-0.39, 0.29) is 5.91 Å². The van der Waals surface area contributed by atoms with Crippen LogP contribution in [0, 0.1) is 0 Å². The molecule has 5 heteroatoms. The zero-order chi connectivity index (χ0) is 10.3. The molecule has 0 unspecified atom stereocenters. The SMILES string of the molecule is CC(C)(O)c1[nH]nc2c1CCNC2=O. The molecule has 0 aliphatic carbocycles. The molecule has 1 aromatic rings. The minimum absolute atomic E-state index is 0.169. The second kappa shape index (κ2) is 2.81. The van der Waals surface area contributed by atoms with E-state index in [0.29, 0.717) is 17.9 Å². The standard InChI is InChI=1S/C9H13N3O2/c1-9(2,14)7-5-3-4-10-8(13)6(5)11-12-7/h14H,3-4H2,1-2H3,(H,10,13)(H,11,12). The highest BCUT2D eigenvalue weighted by molar-refractivity contribution is 5.95. The number of hydrogen-bond acceptors (Lipinski definition) is 3. The highest BCUT2D eigenvalue weighted by atomic mass is 16.3. The van der Waals surface area contributed by atoms with Crippen LogP contribution in [0.25, 0.3) is 0 Å². The maximum absolute atomic E-state index is 11.4. The summed E-state index contributed by atoms with van der Waals surface area (Å²) in [5.74, 6) is -0.169. The molecule has 2 heterocycles. The fourth-order valence-corrected chi connectivity index (χ4v) is 1.69. The van der Waals surface area contributed by atoms with Crippen molar-refractivity contribution in [2.24, 2.45) is 0 Å². The van der Waals surface area contributed by atoms with Crippen molar-refractivity contribution in [3.8, 4) is 0 Å². The number of H-pyrrole nitrogens is 1. The fraction of sp³-hybridized carbons (Fsp3) is 0.556. The summed E-state index contributed by atoms with van der Waals surface area (Å²) in [5, 5.41) is 19.1. The Hall–Kier alpha value is -1.36. The predicted octanol–water partition coefficient (Wildman–Crippen LogP) is -0.0770. The third-order valence-corrected chi connectivity index (χ3v) is 2.35. The maximum atomic E-state index is 11.4. The van der Waals surface area contributed by atoms with Crippen LogP contribution in [0.4, 0.5) is 0 Å². The quantitative estimate of drug-likeness (QED) is 0.586. The van der Waals surface area contributed by atoms with Crippen LogP contribution in [-0.4, -0.2) is 27.8 Å². The molecule has 0 atom stereocenters. The molecular formula is C9H13N3O2. The first kappa shape index (κ1) is 9.21. The largest absolute Gasteiger partial charge is 0.384 e. The summed E-state index contributed by atoms with van der Waals surface area (Å²) < 4.78 is 0. The van der Waals surface area contributed by atoms with Gasteiger partial charge in [0.05, 0.1) is 5.69 Å². The van der Waals surface area contributed by atoms with Gasteiger partial charge in [0.15, 0.2) is 5.69 Å². The summed E-state index contributed by atoms with van der Waals surface area (Å²) in [6.45, 7) is 3.95. The normalized spacial score (nSPS) is 16.4. The van der Waals surface area contributed by atoms with Gasteiger partial charge >= 0.3 is 0 Å². The summed E-state index contributed by atoms with van der Waals surface area (Å²) in [6, 6.07) is 0. The van der Waals surface area contributed by atoms with E-state index < -0.39 is 5.60 Å². The van der Waals surface area contributed by atoms with Gasteiger partial charge in [-0.15, -0.1) is 0 Å². The number of amides is 1. The fourth-order valence-electron chi connectivity index (χ4n) is 1.69. The monoisotopic (exact) mass is 195 g/mol. The lowest BCUT2D eigenvalue weighted by atomic mass is 9.96. The van der Waals surface area contributed by atoms with E-state index >= 15 is 0 Å². The second-order valence-corrected chi connectivity index (χ2v) is 3.99. The molecule has 14 heavy (non-hydrogen) atoms. The molecule has 0 saturated heterocycles. The molecular weight excluding hydrogens is 182 g/mol. The zero-order valence-corrected chi connectivity index (χ0v) is 8.22. The number of nitrogens with zero attached hydrogens (tertiary/aromatic N) is 1. The second-order valence-electron chi connectivity index (χ2n) is 3.99. The summed E-state index contributed by atoms with van der Waals surface area (Å²) in [5.41, 5.74) is 0.912. The minimum Gasteiger partial charge on any atom is -0.384 e. The van der Waals surface area contributed by atoms with Crippen LogP contribution < -0.4 is 5.32 Å². The van der Waals surface area contributed by atoms with Crippen LogP contribution in [0.15, 0.2) is 0 Å². The Morgan fingerprint density at radius 2 is 2.21 bits per heavy atom. The molecule has 76 valence electrons. The highest BCUT2D eigenvalue weighted by Crippen LogP contribution is 2.25. The molecule has 1 aromatic heterocycles. The van der Waals surface area contributed by atoms with Crippen LogP contribution >= 0.6 is 0 Å². The first-order chi connectivity index (χ1) is 6.50. The number of nitrogens with one attached hydrogen (secondary N) is 2. The third-order valence-electron chi connectivity index (χ3n) is 2.35. The van der Waals surface area contributed by atoms with E-state index in [4.69, 9.17) is 0 Å². The predicted molar refractivity (Wildman–Crippen MR) is 49.9 cm³/mol. The van der Waals surface area contributed by atoms with Gasteiger partial charge in [-0.2, -0.15) is 5.10 Å². The van der Waals surface area contributed by atoms with Crippen LogP contribution in [0.2, 0.25) is 0 Å². The van der Waals surface area contributed by atoms with Gasteiger partial charge in [-0.05, 0) is 20.3 Å². The molecule has 1 aliphatic heterocycles. The van der Waals surface area contributed by atoms with Crippen molar-refractivity contribution < 1.29 is 9.90 Å². The number of aromatic amines is 1.